The summed E-state index contributed by atoms with van der Waals surface area (Å²) in [5.41, 5.74) is 1.58. The highest BCUT2D eigenvalue weighted by atomic mass is 35.5. The molecule has 1 amide bonds. The highest BCUT2D eigenvalue weighted by molar-refractivity contribution is 6.31. The fraction of sp³-hybridized carbons (Fsp3) is 0.278. The molecule has 24 heavy (non-hydrogen) atoms. The van der Waals surface area contributed by atoms with Gasteiger partial charge in [-0.25, -0.2) is 4.39 Å². The Hall–Kier alpha value is -2.11. The lowest BCUT2D eigenvalue weighted by atomic mass is 9.87. The number of nitrogens with one attached hydrogen (secondary N) is 2. The van der Waals surface area contributed by atoms with E-state index in [9.17, 15) is 9.18 Å². The maximum atomic E-state index is 14.1. The van der Waals surface area contributed by atoms with Crippen LogP contribution in [0, 0.1) is 5.82 Å². The molecule has 1 unspecified atom stereocenters. The van der Waals surface area contributed by atoms with E-state index in [2.05, 4.69) is 10.6 Å². The van der Waals surface area contributed by atoms with Crippen LogP contribution in [0.1, 0.15) is 11.1 Å². The second-order valence-corrected chi connectivity index (χ2v) is 6.63. The average molecular weight is 347 g/mol. The molecule has 2 N–H and O–H groups in total. The molecule has 1 saturated heterocycles. The third-order valence-corrected chi connectivity index (χ3v) is 4.93. The Morgan fingerprint density at radius 3 is 2.67 bits per heavy atom. The minimum absolute atomic E-state index is 0.0738. The summed E-state index contributed by atoms with van der Waals surface area (Å²) in [7, 11) is 0. The van der Waals surface area contributed by atoms with Gasteiger partial charge in [0, 0.05) is 17.7 Å². The van der Waals surface area contributed by atoms with Gasteiger partial charge < -0.3 is 15.4 Å². The molecule has 4 nitrogen and oxygen atoms in total. The molecule has 4 rings (SSSR count). The maximum Gasteiger partial charge on any atom is 0.243 e. The molecular formula is C18H16ClFN2O2. The van der Waals surface area contributed by atoms with Crippen LogP contribution in [-0.4, -0.2) is 25.2 Å². The fourth-order valence-corrected chi connectivity index (χ4v) is 3.40. The van der Waals surface area contributed by atoms with Gasteiger partial charge in [0.15, 0.2) is 0 Å². The van der Waals surface area contributed by atoms with Crippen molar-refractivity contribution >= 4 is 23.2 Å². The normalized spacial score (nSPS) is 20.7. The molecule has 124 valence electrons. The molecule has 1 atom stereocenters. The minimum atomic E-state index is -0.519. The summed E-state index contributed by atoms with van der Waals surface area (Å²) < 4.78 is 19.4. The van der Waals surface area contributed by atoms with Gasteiger partial charge in [-0.15, -0.1) is 0 Å². The van der Waals surface area contributed by atoms with Crippen LogP contribution in [0.15, 0.2) is 42.5 Å². The van der Waals surface area contributed by atoms with E-state index < -0.39 is 17.4 Å². The molecule has 2 aromatic carbocycles. The summed E-state index contributed by atoms with van der Waals surface area (Å²) in [6.45, 7) is 0.866. The summed E-state index contributed by atoms with van der Waals surface area (Å²) >= 11 is 5.82. The fourth-order valence-electron chi connectivity index (χ4n) is 3.23. The van der Waals surface area contributed by atoms with Crippen LogP contribution in [0.5, 0.6) is 0 Å². The van der Waals surface area contributed by atoms with Crippen molar-refractivity contribution in [3.63, 3.8) is 0 Å². The molecule has 0 radical (unpaired) electrons. The molecule has 0 spiro atoms. The van der Waals surface area contributed by atoms with Gasteiger partial charge in [0.05, 0.1) is 18.2 Å². The first-order valence-corrected chi connectivity index (χ1v) is 8.16. The standard InChI is InChI=1S/C18H16ClFN2O2/c19-13-6-7-14-12(16(13)20)8-15(21-14)17(23)22-18(9-24-10-18)11-4-2-1-3-5-11/h1-7,15,21H,8-10H2,(H,22,23). The molecule has 2 aromatic rings. The van der Waals surface area contributed by atoms with Gasteiger partial charge in [0.1, 0.15) is 17.4 Å². The SMILES string of the molecule is O=C(NC1(c2ccccc2)COC1)C1Cc2c(ccc(Cl)c2F)N1. The van der Waals surface area contributed by atoms with Crippen molar-refractivity contribution in [1.29, 1.82) is 0 Å². The Kier molecular flexibility index (Phi) is 3.70. The van der Waals surface area contributed by atoms with Gasteiger partial charge in [-0.2, -0.15) is 0 Å². The number of halogens is 2. The molecule has 0 aliphatic carbocycles. The van der Waals surface area contributed by atoms with Gasteiger partial charge in [-0.05, 0) is 17.7 Å². The highest BCUT2D eigenvalue weighted by Crippen LogP contribution is 2.34. The van der Waals surface area contributed by atoms with Crippen molar-refractivity contribution in [3.8, 4) is 0 Å². The second kappa shape index (κ2) is 5.76. The number of ether oxygens (including phenoxy) is 1. The van der Waals surface area contributed by atoms with Crippen LogP contribution in [0.3, 0.4) is 0 Å². The molecule has 2 heterocycles. The predicted molar refractivity (Wildman–Crippen MR) is 89.6 cm³/mol. The molecule has 6 heteroatoms. The molecular weight excluding hydrogens is 331 g/mol. The molecule has 1 fully saturated rings. The van der Waals surface area contributed by atoms with Crippen LogP contribution in [0.2, 0.25) is 5.02 Å². The number of amides is 1. The van der Waals surface area contributed by atoms with Crippen molar-refractivity contribution in [3.05, 3.63) is 64.4 Å². The van der Waals surface area contributed by atoms with Gasteiger partial charge in [-0.1, -0.05) is 41.9 Å². The van der Waals surface area contributed by atoms with Crippen molar-refractivity contribution in [1.82, 2.24) is 5.32 Å². The monoisotopic (exact) mass is 346 g/mol. The minimum Gasteiger partial charge on any atom is -0.376 e. The van der Waals surface area contributed by atoms with E-state index in [-0.39, 0.29) is 17.4 Å². The first kappa shape index (κ1) is 15.4. The summed E-state index contributed by atoms with van der Waals surface area (Å²) in [5.74, 6) is -0.629. The van der Waals surface area contributed by atoms with E-state index in [1.54, 1.807) is 6.07 Å². The Morgan fingerprint density at radius 1 is 1.25 bits per heavy atom. The lowest BCUT2D eigenvalue weighted by molar-refractivity contribution is -0.134. The first-order valence-electron chi connectivity index (χ1n) is 7.78. The first-order chi connectivity index (χ1) is 11.6. The zero-order valence-electron chi connectivity index (χ0n) is 12.8. The highest BCUT2D eigenvalue weighted by Gasteiger charge is 2.43. The van der Waals surface area contributed by atoms with Gasteiger partial charge in [-0.3, -0.25) is 4.79 Å². The molecule has 0 bridgehead atoms. The lowest BCUT2D eigenvalue weighted by Gasteiger charge is -2.43. The van der Waals surface area contributed by atoms with E-state index >= 15 is 0 Å². The molecule has 2 aliphatic heterocycles. The van der Waals surface area contributed by atoms with E-state index in [0.29, 0.717) is 24.5 Å². The maximum absolute atomic E-state index is 14.1. The number of hydrogen-bond acceptors (Lipinski definition) is 3. The summed E-state index contributed by atoms with van der Waals surface area (Å²) in [4.78, 5) is 12.7. The van der Waals surface area contributed by atoms with Gasteiger partial charge >= 0.3 is 0 Å². The van der Waals surface area contributed by atoms with E-state index in [4.69, 9.17) is 16.3 Å². The van der Waals surface area contributed by atoms with Crippen molar-refractivity contribution in [2.45, 2.75) is 18.0 Å². The third-order valence-electron chi connectivity index (χ3n) is 4.64. The zero-order chi connectivity index (χ0) is 16.7. The van der Waals surface area contributed by atoms with Crippen LogP contribution in [-0.2, 0) is 21.5 Å². The molecule has 0 saturated carbocycles. The predicted octanol–water partition coefficient (Wildman–Crippen LogP) is 2.86. The number of fused-ring (bicyclic) bond motifs is 1. The Balaban J connectivity index is 1.53. The van der Waals surface area contributed by atoms with E-state index in [0.717, 1.165) is 5.56 Å². The van der Waals surface area contributed by atoms with Gasteiger partial charge in [0.25, 0.3) is 0 Å². The Morgan fingerprint density at radius 2 is 2.00 bits per heavy atom. The summed E-state index contributed by atoms with van der Waals surface area (Å²) in [6.07, 6.45) is 0.277. The van der Waals surface area contributed by atoms with Crippen molar-refractivity contribution < 1.29 is 13.9 Å². The number of benzene rings is 2. The second-order valence-electron chi connectivity index (χ2n) is 6.22. The average Bonchev–Trinajstić information content (AvgIpc) is 3.00. The molecule has 0 aromatic heterocycles. The number of rotatable bonds is 3. The van der Waals surface area contributed by atoms with Gasteiger partial charge in [0.2, 0.25) is 5.91 Å². The summed E-state index contributed by atoms with van der Waals surface area (Å²) in [5, 5.41) is 6.22. The van der Waals surface area contributed by atoms with Crippen LogP contribution in [0.4, 0.5) is 10.1 Å². The van der Waals surface area contributed by atoms with Crippen molar-refractivity contribution in [2.24, 2.45) is 0 Å². The van der Waals surface area contributed by atoms with Crippen LogP contribution < -0.4 is 10.6 Å². The van der Waals surface area contributed by atoms with Crippen molar-refractivity contribution in [2.75, 3.05) is 18.5 Å². The summed E-state index contributed by atoms with van der Waals surface area (Å²) in [6, 6.07) is 12.4. The number of carbonyl (C=O) groups is 1. The number of anilines is 1. The van der Waals surface area contributed by atoms with Crippen LogP contribution in [0.25, 0.3) is 0 Å². The Bertz CT molecular complexity index is 793. The third kappa shape index (κ3) is 2.44. The lowest BCUT2D eigenvalue weighted by Crippen LogP contribution is -2.61. The Labute approximate surface area is 144 Å². The zero-order valence-corrected chi connectivity index (χ0v) is 13.6. The largest absolute Gasteiger partial charge is 0.376 e. The quantitative estimate of drug-likeness (QED) is 0.898. The topological polar surface area (TPSA) is 50.4 Å². The number of carbonyl (C=O) groups excluding carboxylic acids is 1. The number of hydrogen-bond donors (Lipinski definition) is 2. The van der Waals surface area contributed by atoms with E-state index in [1.165, 1.54) is 6.07 Å². The van der Waals surface area contributed by atoms with E-state index in [1.807, 2.05) is 30.3 Å². The smallest absolute Gasteiger partial charge is 0.243 e. The molecule has 2 aliphatic rings. The van der Waals surface area contributed by atoms with Crippen LogP contribution >= 0.6 is 11.6 Å².